The second-order valence-electron chi connectivity index (χ2n) is 30.4. The number of likely N-dealkylation sites (tertiary alicyclic amines) is 1. The molecule has 7 aliphatic rings. The van der Waals surface area contributed by atoms with Crippen LogP contribution in [0.4, 0.5) is 0 Å². The molecule has 9 atom stereocenters. The van der Waals surface area contributed by atoms with E-state index < -0.39 is 0 Å². The summed E-state index contributed by atoms with van der Waals surface area (Å²) in [7, 11) is 0. The number of hydrogen-bond donors (Lipinski definition) is 5. The summed E-state index contributed by atoms with van der Waals surface area (Å²) in [6.07, 6.45) is 20.9. The molecule has 0 aliphatic carbocycles. The van der Waals surface area contributed by atoms with Gasteiger partial charge in [-0.05, 0) is 187 Å². The van der Waals surface area contributed by atoms with Gasteiger partial charge in [-0.2, -0.15) is 0 Å². The van der Waals surface area contributed by atoms with E-state index in [2.05, 4.69) is 267 Å². The van der Waals surface area contributed by atoms with Crippen LogP contribution in [0.25, 0.3) is 0 Å². The maximum Gasteiger partial charge on any atom is 0.0308 e. The van der Waals surface area contributed by atoms with E-state index in [-0.39, 0.29) is 0 Å². The van der Waals surface area contributed by atoms with Crippen LogP contribution >= 0.6 is 0 Å². The smallest absolute Gasteiger partial charge is 0.0308 e. The molecule has 0 saturated carbocycles. The zero-order valence-electron chi connectivity index (χ0n) is 58.9. The van der Waals surface area contributed by atoms with E-state index in [1.165, 1.54) is 64.8 Å². The molecule has 7 rings (SSSR count). The lowest BCUT2D eigenvalue weighted by Gasteiger charge is -2.37. The quantitative estimate of drug-likeness (QED) is 0.111. The molecule has 7 aliphatic heterocycles. The standard InChI is InChI=1S/3C11H23N.4C10H19N/c1-9(2)11-5-7-12(8-6-11)10(3)4;1-8(2)10-5-6-12-7-11(10)9(3)4;1-8(2)10-5-6-12-11(7-10)9(3)4;1-7(2)9-5-10(8(3)4)11-6-9;1-8(2)10-6-5-7-11(10)9(3)4;1-7(2)9-5-6-11-10(9)8(3)4;1-7(2)9-5-6-10(11-9)8(3)4/h9-11H,5-8H2,1-4H3;2*8-12H,5-7H2,1-4H3;5,7-8,10-11H,6H2,1-4H3;5-6,8-10H,7H2,1-4H3;5,7-8,10-11H,6H2,1-4H3;5-11H,1-4H3. The average Bonchev–Trinajstić information content (AvgIpc) is 4.25. The zero-order chi connectivity index (χ0) is 61.1. The molecular formula is C73H145N7. The third-order valence-electron chi connectivity index (χ3n) is 19.3. The second-order valence-corrected chi connectivity index (χ2v) is 30.4. The van der Waals surface area contributed by atoms with Gasteiger partial charge in [-0.3, -0.25) is 4.90 Å². The third kappa shape index (κ3) is 28.7. The highest BCUT2D eigenvalue weighted by molar-refractivity contribution is 5.20. The lowest BCUT2D eigenvalue weighted by atomic mass is 9.74. The predicted octanol–water partition coefficient (Wildman–Crippen LogP) is 16.8. The van der Waals surface area contributed by atoms with Crippen molar-refractivity contribution in [1.82, 2.24) is 36.4 Å². The fourth-order valence-corrected chi connectivity index (χ4v) is 12.9. The van der Waals surface area contributed by atoms with Crippen molar-refractivity contribution in [3.05, 3.63) is 47.6 Å². The minimum Gasteiger partial charge on any atom is -0.316 e. The summed E-state index contributed by atoms with van der Waals surface area (Å²) in [6, 6.07) is 5.32. The van der Waals surface area contributed by atoms with Gasteiger partial charge in [0.05, 0.1) is 0 Å². The first kappa shape index (κ1) is 76.7. The van der Waals surface area contributed by atoms with Gasteiger partial charge in [0.1, 0.15) is 0 Å². The fraction of sp³-hybridized carbons (Fsp3) is 0.890. The lowest BCUT2D eigenvalue weighted by Crippen LogP contribution is -2.42. The van der Waals surface area contributed by atoms with Crippen molar-refractivity contribution in [3.8, 4) is 0 Å². The molecule has 0 spiro atoms. The molecule has 7 heterocycles. The molecule has 0 aromatic heterocycles. The molecule has 9 unspecified atom stereocenters. The maximum absolute atomic E-state index is 3.60. The average molecular weight is 1120 g/mol. The molecule has 80 heavy (non-hydrogen) atoms. The fourth-order valence-electron chi connectivity index (χ4n) is 12.9. The Hall–Kier alpha value is -1.32. The number of hydrogen-bond acceptors (Lipinski definition) is 7. The van der Waals surface area contributed by atoms with Crippen LogP contribution in [0.15, 0.2) is 47.6 Å². The van der Waals surface area contributed by atoms with Crippen LogP contribution in [-0.2, 0) is 0 Å². The molecule has 0 bridgehead atoms. The van der Waals surface area contributed by atoms with Gasteiger partial charge in [0.2, 0.25) is 0 Å². The summed E-state index contributed by atoms with van der Waals surface area (Å²) in [6.45, 7) is 74.0. The van der Waals surface area contributed by atoms with Crippen molar-refractivity contribution < 1.29 is 0 Å². The Labute approximate surface area is 503 Å². The van der Waals surface area contributed by atoms with E-state index in [1.807, 2.05) is 0 Å². The number of nitrogens with one attached hydrogen (secondary N) is 5. The molecule has 3 fully saturated rings. The molecule has 472 valence electrons. The molecule has 3 saturated heterocycles. The zero-order valence-corrected chi connectivity index (χ0v) is 58.9. The lowest BCUT2D eigenvalue weighted by molar-refractivity contribution is 0.129. The normalized spacial score (nSPS) is 27.4. The number of rotatable bonds is 14. The SMILES string of the molecule is CC(C)C1=CC(C(C)C)NC1.CC(C)C1=CCNC1C(C)C.CC(C)C1C=CC(C(C)C)N1.CC(C)C1C=CCN1C(C)C.CC(C)C1CCN(C(C)C)CC1.CC(C)C1CCNC(C(C)C)C1.CC(C)C1CCNCC1C(C)C. The third-order valence-corrected chi connectivity index (χ3v) is 19.3. The highest BCUT2D eigenvalue weighted by atomic mass is 15.2. The first-order valence-electron chi connectivity index (χ1n) is 34.2. The van der Waals surface area contributed by atoms with Gasteiger partial charge >= 0.3 is 0 Å². The highest BCUT2D eigenvalue weighted by Gasteiger charge is 2.30. The Morgan fingerprint density at radius 2 is 1.01 bits per heavy atom. The van der Waals surface area contributed by atoms with Crippen molar-refractivity contribution in [2.45, 2.75) is 274 Å². The van der Waals surface area contributed by atoms with Crippen molar-refractivity contribution in [3.63, 3.8) is 0 Å². The van der Waals surface area contributed by atoms with Crippen molar-refractivity contribution in [1.29, 1.82) is 0 Å². The topological polar surface area (TPSA) is 66.6 Å². The summed E-state index contributed by atoms with van der Waals surface area (Å²) < 4.78 is 0. The molecule has 7 nitrogen and oxygen atoms in total. The van der Waals surface area contributed by atoms with Gasteiger partial charge in [0, 0.05) is 68.0 Å². The summed E-state index contributed by atoms with van der Waals surface area (Å²) in [5.41, 5.74) is 3.17. The van der Waals surface area contributed by atoms with Crippen LogP contribution in [0.3, 0.4) is 0 Å². The summed E-state index contributed by atoms with van der Waals surface area (Å²) in [5, 5.41) is 17.7. The largest absolute Gasteiger partial charge is 0.316 e. The van der Waals surface area contributed by atoms with E-state index in [4.69, 9.17) is 0 Å². The molecule has 0 aromatic carbocycles. The Kier molecular flexibility index (Phi) is 38.5. The second kappa shape index (κ2) is 40.1. The first-order chi connectivity index (χ1) is 37.3. The molecule has 0 aromatic rings. The first-order valence-corrected chi connectivity index (χ1v) is 34.2. The van der Waals surface area contributed by atoms with Crippen LogP contribution < -0.4 is 26.6 Å². The van der Waals surface area contributed by atoms with Crippen LogP contribution in [0.5, 0.6) is 0 Å². The van der Waals surface area contributed by atoms with Crippen LogP contribution in [-0.4, -0.2) is 110 Å². The van der Waals surface area contributed by atoms with Gasteiger partial charge < -0.3 is 31.5 Å². The van der Waals surface area contributed by atoms with Gasteiger partial charge in [0.25, 0.3) is 0 Å². The van der Waals surface area contributed by atoms with Crippen LogP contribution in [0, 0.1) is 94.7 Å². The Bertz CT molecular complexity index is 1600. The summed E-state index contributed by atoms with van der Waals surface area (Å²) in [4.78, 5) is 5.13. The molecule has 0 amide bonds. The monoisotopic (exact) mass is 1120 g/mol. The summed E-state index contributed by atoms with van der Waals surface area (Å²) in [5.74, 6) is 13.1. The predicted molar refractivity (Wildman–Crippen MR) is 361 cm³/mol. The van der Waals surface area contributed by atoms with Crippen LogP contribution in [0.1, 0.15) is 226 Å². The van der Waals surface area contributed by atoms with Gasteiger partial charge in [-0.25, -0.2) is 0 Å². The maximum atomic E-state index is 3.60. The van der Waals surface area contributed by atoms with E-state index in [1.54, 1.807) is 11.1 Å². The van der Waals surface area contributed by atoms with Gasteiger partial charge in [0.15, 0.2) is 0 Å². The van der Waals surface area contributed by atoms with E-state index in [0.717, 1.165) is 115 Å². The molecule has 0 radical (unpaired) electrons. The molecular weight excluding hydrogens is 975 g/mol. The Morgan fingerprint density at radius 3 is 1.36 bits per heavy atom. The van der Waals surface area contributed by atoms with E-state index in [0.29, 0.717) is 48.1 Å². The minimum atomic E-state index is 0.599. The van der Waals surface area contributed by atoms with E-state index in [9.17, 15) is 0 Å². The van der Waals surface area contributed by atoms with Crippen molar-refractivity contribution in [2.75, 3.05) is 52.4 Å². The minimum absolute atomic E-state index is 0.599. The number of nitrogens with zero attached hydrogens (tertiary/aromatic N) is 2. The van der Waals surface area contributed by atoms with Crippen LogP contribution in [0.2, 0.25) is 0 Å². The van der Waals surface area contributed by atoms with Gasteiger partial charge in [-0.1, -0.05) is 214 Å². The van der Waals surface area contributed by atoms with Gasteiger partial charge in [-0.15, -0.1) is 0 Å². The summed E-state index contributed by atoms with van der Waals surface area (Å²) >= 11 is 0. The van der Waals surface area contributed by atoms with Crippen molar-refractivity contribution in [2.24, 2.45) is 94.7 Å². The number of piperidine rings is 3. The van der Waals surface area contributed by atoms with E-state index >= 15 is 0 Å². The molecule has 7 heteroatoms. The Balaban J connectivity index is 0.000000467. The highest BCUT2D eigenvalue weighted by Crippen LogP contribution is 2.32. The Morgan fingerprint density at radius 1 is 0.463 bits per heavy atom. The van der Waals surface area contributed by atoms with Crippen molar-refractivity contribution >= 4 is 0 Å². The molecule has 5 N–H and O–H groups in total.